The van der Waals surface area contributed by atoms with E-state index in [0.717, 1.165) is 5.56 Å². The zero-order chi connectivity index (χ0) is 21.4. The van der Waals surface area contributed by atoms with E-state index >= 15 is 0 Å². The van der Waals surface area contributed by atoms with Crippen LogP contribution in [-0.4, -0.2) is 30.5 Å². The first-order valence-electron chi connectivity index (χ1n) is 9.29. The number of halogens is 4. The van der Waals surface area contributed by atoms with E-state index in [1.165, 1.54) is 18.2 Å². The monoisotopic (exact) mass is 438 g/mol. The molecule has 3 aromatic rings. The molecule has 0 spiro atoms. The van der Waals surface area contributed by atoms with E-state index < -0.39 is 11.9 Å². The Balaban J connectivity index is 1.61. The standard InChI is InChI=1S/C21H18ClF3N2O3/c22-15-4-2-14(3-5-15)20(7-9-29-10-8-20)27-19(28)18-11-13-1-6-16(12-17(13)26-18)30-21(23,24)25/h1-6,11-12,26H,7-10H2,(H,27,28). The molecular formula is C21H18ClF3N2O3. The molecule has 0 bridgehead atoms. The summed E-state index contributed by atoms with van der Waals surface area (Å²) in [6.07, 6.45) is -3.61. The first kappa shape index (κ1) is 20.6. The Morgan fingerprint density at radius 3 is 2.47 bits per heavy atom. The summed E-state index contributed by atoms with van der Waals surface area (Å²) >= 11 is 6.00. The van der Waals surface area contributed by atoms with Crippen molar-refractivity contribution < 1.29 is 27.4 Å². The average Bonchev–Trinajstić information content (AvgIpc) is 3.11. The van der Waals surface area contributed by atoms with Gasteiger partial charge in [0.25, 0.3) is 5.91 Å². The molecule has 0 unspecified atom stereocenters. The number of aromatic amines is 1. The van der Waals surface area contributed by atoms with Gasteiger partial charge >= 0.3 is 6.36 Å². The number of aromatic nitrogens is 1. The van der Waals surface area contributed by atoms with E-state index in [2.05, 4.69) is 15.0 Å². The predicted molar refractivity (Wildman–Crippen MR) is 106 cm³/mol. The maximum Gasteiger partial charge on any atom is 0.573 e. The number of benzene rings is 2. The molecule has 1 amide bonds. The van der Waals surface area contributed by atoms with Crippen molar-refractivity contribution in [2.75, 3.05) is 13.2 Å². The van der Waals surface area contributed by atoms with E-state index in [0.29, 0.717) is 42.0 Å². The number of carbonyl (C=O) groups excluding carboxylic acids is 1. The van der Waals surface area contributed by atoms with Gasteiger partial charge in [-0.15, -0.1) is 13.2 Å². The molecule has 0 atom stereocenters. The highest BCUT2D eigenvalue weighted by molar-refractivity contribution is 6.30. The molecule has 1 aliphatic heterocycles. The third-order valence-electron chi connectivity index (χ3n) is 5.17. The summed E-state index contributed by atoms with van der Waals surface area (Å²) < 4.78 is 46.8. The normalized spacial score (nSPS) is 16.4. The van der Waals surface area contributed by atoms with Gasteiger partial charge in [-0.2, -0.15) is 0 Å². The van der Waals surface area contributed by atoms with Crippen molar-refractivity contribution >= 4 is 28.4 Å². The van der Waals surface area contributed by atoms with Gasteiger partial charge in [0.05, 0.1) is 5.54 Å². The molecule has 0 radical (unpaired) electrons. The highest BCUT2D eigenvalue weighted by Crippen LogP contribution is 2.34. The maximum absolute atomic E-state index is 13.0. The van der Waals surface area contributed by atoms with Crippen LogP contribution in [0.25, 0.3) is 10.9 Å². The third kappa shape index (κ3) is 4.39. The molecule has 2 heterocycles. The van der Waals surface area contributed by atoms with Crippen molar-refractivity contribution in [1.29, 1.82) is 0 Å². The van der Waals surface area contributed by atoms with Crippen molar-refractivity contribution in [2.24, 2.45) is 0 Å². The molecular weight excluding hydrogens is 421 g/mol. The largest absolute Gasteiger partial charge is 0.573 e. The first-order chi connectivity index (χ1) is 14.2. The molecule has 4 rings (SSSR count). The molecule has 5 nitrogen and oxygen atoms in total. The number of hydrogen-bond donors (Lipinski definition) is 2. The zero-order valence-corrected chi connectivity index (χ0v) is 16.4. The SMILES string of the molecule is O=C(NC1(c2ccc(Cl)cc2)CCOCC1)c1cc2ccc(OC(F)(F)F)cc2[nH]1. The summed E-state index contributed by atoms with van der Waals surface area (Å²) in [7, 11) is 0. The van der Waals surface area contributed by atoms with Crippen LogP contribution in [0.15, 0.2) is 48.5 Å². The van der Waals surface area contributed by atoms with Gasteiger partial charge in [0.15, 0.2) is 0 Å². The van der Waals surface area contributed by atoms with Gasteiger partial charge in [0.2, 0.25) is 0 Å². The Morgan fingerprint density at radius 2 is 1.80 bits per heavy atom. The van der Waals surface area contributed by atoms with Crippen molar-refractivity contribution in [3.8, 4) is 5.75 Å². The zero-order valence-electron chi connectivity index (χ0n) is 15.7. The smallest absolute Gasteiger partial charge is 0.406 e. The molecule has 30 heavy (non-hydrogen) atoms. The molecule has 158 valence electrons. The molecule has 0 aliphatic carbocycles. The van der Waals surface area contributed by atoms with E-state index in [1.807, 2.05) is 12.1 Å². The summed E-state index contributed by atoms with van der Waals surface area (Å²) in [5, 5.41) is 4.29. The lowest BCUT2D eigenvalue weighted by Crippen LogP contribution is -2.49. The Kier molecular flexibility index (Phi) is 5.38. The number of ether oxygens (including phenoxy) is 2. The minimum atomic E-state index is -4.78. The van der Waals surface area contributed by atoms with Crippen LogP contribution in [0.2, 0.25) is 5.02 Å². The van der Waals surface area contributed by atoms with Crippen LogP contribution in [0.5, 0.6) is 5.75 Å². The molecule has 1 aliphatic rings. The van der Waals surface area contributed by atoms with E-state index in [-0.39, 0.29) is 17.4 Å². The number of nitrogens with one attached hydrogen (secondary N) is 2. The van der Waals surface area contributed by atoms with Gasteiger partial charge in [0.1, 0.15) is 11.4 Å². The van der Waals surface area contributed by atoms with E-state index in [4.69, 9.17) is 16.3 Å². The number of H-pyrrole nitrogens is 1. The fourth-order valence-corrected chi connectivity index (χ4v) is 3.81. The van der Waals surface area contributed by atoms with Gasteiger partial charge in [-0.3, -0.25) is 4.79 Å². The van der Waals surface area contributed by atoms with Crippen LogP contribution in [-0.2, 0) is 10.3 Å². The van der Waals surface area contributed by atoms with Crippen LogP contribution >= 0.6 is 11.6 Å². The average molecular weight is 439 g/mol. The van der Waals surface area contributed by atoms with Gasteiger partial charge in [-0.05, 0) is 48.7 Å². The molecule has 2 N–H and O–H groups in total. The Hall–Kier alpha value is -2.71. The molecule has 1 saturated heterocycles. The number of hydrogen-bond acceptors (Lipinski definition) is 3. The van der Waals surface area contributed by atoms with Crippen LogP contribution < -0.4 is 10.1 Å². The lowest BCUT2D eigenvalue weighted by Gasteiger charge is -2.38. The number of rotatable bonds is 4. The highest BCUT2D eigenvalue weighted by Gasteiger charge is 2.36. The molecule has 1 fully saturated rings. The first-order valence-corrected chi connectivity index (χ1v) is 9.67. The maximum atomic E-state index is 13.0. The second-order valence-corrected chi connectivity index (χ2v) is 7.57. The predicted octanol–water partition coefficient (Wildman–Crippen LogP) is 5.16. The highest BCUT2D eigenvalue weighted by atomic mass is 35.5. The van der Waals surface area contributed by atoms with Crippen molar-refractivity contribution in [3.05, 3.63) is 64.8 Å². The summed E-state index contributed by atoms with van der Waals surface area (Å²) in [4.78, 5) is 15.9. The third-order valence-corrected chi connectivity index (χ3v) is 5.42. The Bertz CT molecular complexity index is 1060. The van der Waals surface area contributed by atoms with Gasteiger partial charge in [-0.1, -0.05) is 23.7 Å². The quantitative estimate of drug-likeness (QED) is 0.591. The van der Waals surface area contributed by atoms with Crippen molar-refractivity contribution in [3.63, 3.8) is 0 Å². The minimum Gasteiger partial charge on any atom is -0.406 e. The van der Waals surface area contributed by atoms with Crippen LogP contribution in [0, 0.1) is 0 Å². The molecule has 0 saturated carbocycles. The summed E-state index contributed by atoms with van der Waals surface area (Å²) in [5.74, 6) is -0.716. The van der Waals surface area contributed by atoms with Crippen LogP contribution in [0.1, 0.15) is 28.9 Å². The summed E-state index contributed by atoms with van der Waals surface area (Å²) in [6.45, 7) is 0.988. The summed E-state index contributed by atoms with van der Waals surface area (Å²) in [6, 6.07) is 12.8. The minimum absolute atomic E-state index is 0.244. The summed E-state index contributed by atoms with van der Waals surface area (Å²) in [5.41, 5.74) is 0.908. The lowest BCUT2D eigenvalue weighted by molar-refractivity contribution is -0.274. The van der Waals surface area contributed by atoms with Gasteiger partial charge in [-0.25, -0.2) is 0 Å². The van der Waals surface area contributed by atoms with Gasteiger partial charge in [0, 0.05) is 35.2 Å². The number of amides is 1. The second-order valence-electron chi connectivity index (χ2n) is 7.14. The number of fused-ring (bicyclic) bond motifs is 1. The molecule has 2 aromatic carbocycles. The Labute approximate surface area is 175 Å². The van der Waals surface area contributed by atoms with E-state index in [9.17, 15) is 18.0 Å². The molecule has 9 heteroatoms. The van der Waals surface area contributed by atoms with Crippen molar-refractivity contribution in [2.45, 2.75) is 24.7 Å². The Morgan fingerprint density at radius 1 is 1.10 bits per heavy atom. The topological polar surface area (TPSA) is 63.4 Å². The van der Waals surface area contributed by atoms with Crippen LogP contribution in [0.3, 0.4) is 0 Å². The fourth-order valence-electron chi connectivity index (χ4n) is 3.68. The molecule has 1 aromatic heterocycles. The second kappa shape index (κ2) is 7.85. The van der Waals surface area contributed by atoms with E-state index in [1.54, 1.807) is 18.2 Å². The fraction of sp³-hybridized carbons (Fsp3) is 0.286. The van der Waals surface area contributed by atoms with Crippen molar-refractivity contribution in [1.82, 2.24) is 10.3 Å². The van der Waals surface area contributed by atoms with Crippen LogP contribution in [0.4, 0.5) is 13.2 Å². The number of alkyl halides is 3. The number of carbonyl (C=O) groups is 1. The van der Waals surface area contributed by atoms with Gasteiger partial charge < -0.3 is 19.8 Å². The lowest BCUT2D eigenvalue weighted by atomic mass is 9.82.